The van der Waals surface area contributed by atoms with Gasteiger partial charge in [-0.1, -0.05) is 19.1 Å². The summed E-state index contributed by atoms with van der Waals surface area (Å²) in [5, 5.41) is 0.781. The molecule has 1 unspecified atom stereocenters. The summed E-state index contributed by atoms with van der Waals surface area (Å²) in [5.74, 6) is 0.513. The highest BCUT2D eigenvalue weighted by Crippen LogP contribution is 2.35. The highest BCUT2D eigenvalue weighted by molar-refractivity contribution is 5.96. The number of hydrogen-bond donors (Lipinski definition) is 2. The molecule has 5 heteroatoms. The molecule has 2 heterocycles. The second kappa shape index (κ2) is 5.77. The number of aromatic amines is 1. The minimum atomic E-state index is -0.283. The topological polar surface area (TPSA) is 63.9 Å². The first-order valence-corrected chi connectivity index (χ1v) is 7.16. The van der Waals surface area contributed by atoms with Gasteiger partial charge in [-0.05, 0) is 18.2 Å². The van der Waals surface area contributed by atoms with Crippen molar-refractivity contribution in [1.82, 2.24) is 9.97 Å². The molecular formula is C17H18FN3O. The molecule has 114 valence electrons. The lowest BCUT2D eigenvalue weighted by molar-refractivity contribution is 0.414. The van der Waals surface area contributed by atoms with Crippen LogP contribution in [0.2, 0.25) is 0 Å². The van der Waals surface area contributed by atoms with E-state index < -0.39 is 0 Å². The Kier molecular flexibility index (Phi) is 3.81. The van der Waals surface area contributed by atoms with Gasteiger partial charge in [-0.2, -0.15) is 0 Å². The number of rotatable bonds is 4. The number of methoxy groups -OCH3 is 1. The maximum atomic E-state index is 13.9. The summed E-state index contributed by atoms with van der Waals surface area (Å²) >= 11 is 0. The van der Waals surface area contributed by atoms with E-state index in [9.17, 15) is 4.39 Å². The second-order valence-electron chi connectivity index (χ2n) is 5.29. The van der Waals surface area contributed by atoms with Crippen molar-refractivity contribution in [3.05, 3.63) is 48.0 Å². The average Bonchev–Trinajstić information content (AvgIpc) is 2.98. The van der Waals surface area contributed by atoms with Gasteiger partial charge < -0.3 is 15.5 Å². The van der Waals surface area contributed by atoms with Crippen molar-refractivity contribution in [3.63, 3.8) is 0 Å². The molecule has 0 aliphatic carbocycles. The van der Waals surface area contributed by atoms with Gasteiger partial charge in [0.2, 0.25) is 0 Å². The minimum absolute atomic E-state index is 0.145. The first kappa shape index (κ1) is 14.5. The van der Waals surface area contributed by atoms with Crippen LogP contribution < -0.4 is 10.5 Å². The number of nitrogens with one attached hydrogen (secondary N) is 1. The Morgan fingerprint density at radius 1 is 1.32 bits per heavy atom. The van der Waals surface area contributed by atoms with E-state index in [0.29, 0.717) is 23.5 Å². The Hall–Kier alpha value is -2.40. The SMILES string of the molecule is COc1ccc(C(C)CN)nc1-c1c[nH]c2c(F)cccc12. The number of fused-ring (bicyclic) bond motifs is 1. The molecule has 0 radical (unpaired) electrons. The number of H-pyrrole nitrogens is 1. The lowest BCUT2D eigenvalue weighted by Gasteiger charge is -2.13. The Labute approximate surface area is 128 Å². The van der Waals surface area contributed by atoms with E-state index in [1.165, 1.54) is 6.07 Å². The van der Waals surface area contributed by atoms with Crippen LogP contribution >= 0.6 is 0 Å². The first-order chi connectivity index (χ1) is 10.7. The average molecular weight is 299 g/mol. The van der Waals surface area contributed by atoms with Gasteiger partial charge in [0.05, 0.1) is 12.6 Å². The predicted molar refractivity (Wildman–Crippen MR) is 85.5 cm³/mol. The van der Waals surface area contributed by atoms with E-state index in [1.807, 2.05) is 25.1 Å². The number of pyridine rings is 1. The molecular weight excluding hydrogens is 281 g/mol. The molecule has 0 fully saturated rings. The van der Waals surface area contributed by atoms with Crippen LogP contribution in [0.15, 0.2) is 36.5 Å². The molecule has 4 nitrogen and oxygen atoms in total. The Morgan fingerprint density at radius 2 is 2.14 bits per heavy atom. The maximum Gasteiger partial charge on any atom is 0.147 e. The molecule has 3 N–H and O–H groups in total. The van der Waals surface area contributed by atoms with Gasteiger partial charge in [0.15, 0.2) is 0 Å². The lowest BCUT2D eigenvalue weighted by atomic mass is 10.0. The van der Waals surface area contributed by atoms with Gasteiger partial charge in [-0.3, -0.25) is 0 Å². The van der Waals surface area contributed by atoms with Gasteiger partial charge in [0.25, 0.3) is 0 Å². The fourth-order valence-electron chi connectivity index (χ4n) is 2.53. The predicted octanol–water partition coefficient (Wildman–Crippen LogP) is 3.44. The normalized spacial score (nSPS) is 12.5. The first-order valence-electron chi connectivity index (χ1n) is 7.16. The van der Waals surface area contributed by atoms with Crippen LogP contribution in [0.25, 0.3) is 22.2 Å². The minimum Gasteiger partial charge on any atom is -0.494 e. The number of para-hydroxylation sites is 1. The third-order valence-corrected chi connectivity index (χ3v) is 3.88. The van der Waals surface area contributed by atoms with Gasteiger partial charge in [-0.25, -0.2) is 9.37 Å². The zero-order valence-electron chi connectivity index (χ0n) is 12.6. The molecule has 0 aliphatic rings. The van der Waals surface area contributed by atoms with Crippen molar-refractivity contribution in [2.75, 3.05) is 13.7 Å². The highest BCUT2D eigenvalue weighted by Gasteiger charge is 2.16. The van der Waals surface area contributed by atoms with Gasteiger partial charge >= 0.3 is 0 Å². The fraction of sp³-hybridized carbons (Fsp3) is 0.235. The number of benzene rings is 1. The number of nitrogens with zero attached hydrogens (tertiary/aromatic N) is 1. The molecule has 0 aliphatic heterocycles. The van der Waals surface area contributed by atoms with E-state index >= 15 is 0 Å². The molecule has 3 aromatic rings. The Morgan fingerprint density at radius 3 is 2.86 bits per heavy atom. The smallest absolute Gasteiger partial charge is 0.147 e. The van der Waals surface area contributed by atoms with E-state index in [0.717, 1.165) is 16.6 Å². The van der Waals surface area contributed by atoms with Crippen LogP contribution in [0.5, 0.6) is 5.75 Å². The molecule has 0 saturated carbocycles. The quantitative estimate of drug-likeness (QED) is 0.775. The van der Waals surface area contributed by atoms with Crippen LogP contribution in [0, 0.1) is 5.82 Å². The van der Waals surface area contributed by atoms with Crippen LogP contribution in [0.3, 0.4) is 0 Å². The summed E-state index contributed by atoms with van der Waals surface area (Å²) in [5.41, 5.74) is 8.60. The van der Waals surface area contributed by atoms with Gasteiger partial charge in [0.1, 0.15) is 17.3 Å². The van der Waals surface area contributed by atoms with E-state index in [1.54, 1.807) is 19.4 Å². The fourth-order valence-corrected chi connectivity index (χ4v) is 2.53. The van der Waals surface area contributed by atoms with Gasteiger partial charge in [-0.15, -0.1) is 0 Å². The number of aromatic nitrogens is 2. The molecule has 2 aromatic heterocycles. The van der Waals surface area contributed by atoms with Crippen molar-refractivity contribution >= 4 is 10.9 Å². The maximum absolute atomic E-state index is 13.9. The van der Waals surface area contributed by atoms with Crippen molar-refractivity contribution in [2.45, 2.75) is 12.8 Å². The molecule has 1 aromatic carbocycles. The standard InChI is InChI=1S/C17H18FN3O/c1-10(8-19)14-6-7-15(22-2)17(21-14)12-9-20-16-11(12)4-3-5-13(16)18/h3-7,9-10,20H,8,19H2,1-2H3. The van der Waals surface area contributed by atoms with Crippen LogP contribution in [-0.2, 0) is 0 Å². The molecule has 0 spiro atoms. The number of ether oxygens (including phenoxy) is 1. The molecule has 1 atom stereocenters. The zero-order chi connectivity index (χ0) is 15.7. The molecule has 3 rings (SSSR count). The zero-order valence-corrected chi connectivity index (χ0v) is 12.6. The number of hydrogen-bond acceptors (Lipinski definition) is 3. The lowest BCUT2D eigenvalue weighted by Crippen LogP contribution is -2.10. The van der Waals surface area contributed by atoms with Crippen molar-refractivity contribution < 1.29 is 9.13 Å². The monoisotopic (exact) mass is 299 g/mol. The van der Waals surface area contributed by atoms with Crippen LogP contribution in [-0.4, -0.2) is 23.6 Å². The van der Waals surface area contributed by atoms with Crippen LogP contribution in [0.1, 0.15) is 18.5 Å². The summed E-state index contributed by atoms with van der Waals surface area (Å²) in [4.78, 5) is 7.66. The van der Waals surface area contributed by atoms with E-state index in [2.05, 4.69) is 9.97 Å². The van der Waals surface area contributed by atoms with E-state index in [4.69, 9.17) is 10.5 Å². The second-order valence-corrected chi connectivity index (χ2v) is 5.29. The number of halogens is 1. The van der Waals surface area contributed by atoms with Crippen molar-refractivity contribution in [1.29, 1.82) is 0 Å². The molecule has 0 amide bonds. The van der Waals surface area contributed by atoms with E-state index in [-0.39, 0.29) is 11.7 Å². The highest BCUT2D eigenvalue weighted by atomic mass is 19.1. The molecule has 0 bridgehead atoms. The Bertz CT molecular complexity index is 813. The van der Waals surface area contributed by atoms with Crippen molar-refractivity contribution in [3.8, 4) is 17.0 Å². The molecule has 0 saturated heterocycles. The summed E-state index contributed by atoms with van der Waals surface area (Å²) < 4.78 is 19.3. The van der Waals surface area contributed by atoms with Crippen molar-refractivity contribution in [2.24, 2.45) is 5.73 Å². The summed E-state index contributed by atoms with van der Waals surface area (Å²) in [7, 11) is 1.60. The summed E-state index contributed by atoms with van der Waals surface area (Å²) in [6.45, 7) is 2.54. The van der Waals surface area contributed by atoms with Crippen LogP contribution in [0.4, 0.5) is 4.39 Å². The summed E-state index contributed by atoms with van der Waals surface area (Å²) in [6, 6.07) is 8.77. The number of nitrogens with two attached hydrogens (primary N) is 1. The third kappa shape index (κ3) is 2.33. The Balaban J connectivity index is 2.22. The van der Waals surface area contributed by atoms with Gasteiger partial charge in [0, 0.05) is 35.3 Å². The largest absolute Gasteiger partial charge is 0.494 e. The third-order valence-electron chi connectivity index (χ3n) is 3.88. The summed E-state index contributed by atoms with van der Waals surface area (Å²) in [6.07, 6.45) is 1.76. The molecule has 22 heavy (non-hydrogen) atoms.